The Morgan fingerprint density at radius 2 is 2.21 bits per heavy atom. The summed E-state index contributed by atoms with van der Waals surface area (Å²) in [6.45, 7) is 0.787. The fourth-order valence-corrected chi connectivity index (χ4v) is 3.34. The van der Waals surface area contributed by atoms with Crippen LogP contribution in [0.4, 0.5) is 10.3 Å². The average Bonchev–Trinajstić information content (AvgIpc) is 2.95. The Labute approximate surface area is 122 Å². The molecule has 0 aliphatic heterocycles. The van der Waals surface area contributed by atoms with E-state index >= 15 is 0 Å². The highest BCUT2D eigenvalue weighted by atomic mass is 79.9. The van der Waals surface area contributed by atoms with E-state index in [9.17, 15) is 4.39 Å². The molecule has 0 saturated heterocycles. The molecule has 3 nitrogen and oxygen atoms in total. The summed E-state index contributed by atoms with van der Waals surface area (Å²) < 4.78 is 14.2. The number of fused-ring (bicyclic) bond motifs is 1. The molecule has 2 aromatic heterocycles. The van der Waals surface area contributed by atoms with Crippen molar-refractivity contribution in [2.45, 2.75) is 6.42 Å². The van der Waals surface area contributed by atoms with E-state index in [1.165, 1.54) is 17.0 Å². The van der Waals surface area contributed by atoms with Gasteiger partial charge in [0.2, 0.25) is 5.95 Å². The number of imidazole rings is 1. The van der Waals surface area contributed by atoms with Crippen LogP contribution < -0.4 is 5.32 Å². The molecule has 2 heterocycles. The molecule has 0 bridgehead atoms. The predicted octanol–water partition coefficient (Wildman–Crippen LogP) is 4.18. The van der Waals surface area contributed by atoms with Gasteiger partial charge in [0.05, 0.1) is 14.8 Å². The highest BCUT2D eigenvalue weighted by Crippen LogP contribution is 2.22. The fraction of sp³-hybridized carbons (Fsp3) is 0.154. The summed E-state index contributed by atoms with van der Waals surface area (Å²) in [5.74, 6) is 0.419. The summed E-state index contributed by atoms with van der Waals surface area (Å²) in [5, 5.41) is 3.21. The molecule has 0 radical (unpaired) electrons. The Balaban J connectivity index is 1.65. The molecule has 0 saturated carbocycles. The molecule has 19 heavy (non-hydrogen) atoms. The van der Waals surface area contributed by atoms with Crippen LogP contribution in [-0.2, 0) is 6.42 Å². The zero-order valence-electron chi connectivity index (χ0n) is 9.91. The van der Waals surface area contributed by atoms with Gasteiger partial charge in [0.15, 0.2) is 0 Å². The van der Waals surface area contributed by atoms with Crippen LogP contribution in [0.3, 0.4) is 0 Å². The number of H-pyrrole nitrogens is 1. The average molecular weight is 340 g/mol. The number of hydrogen-bond acceptors (Lipinski definition) is 3. The van der Waals surface area contributed by atoms with E-state index in [0.717, 1.165) is 22.3 Å². The summed E-state index contributed by atoms with van der Waals surface area (Å²) in [6.07, 6.45) is 0.932. The van der Waals surface area contributed by atoms with Crippen LogP contribution in [0.5, 0.6) is 0 Å². The standard InChI is InChI=1S/C13H11BrFN3S/c14-12-4-2-9(19-12)5-6-16-13-17-10-3-1-8(15)7-11(10)18-13/h1-4,7H,5-6H2,(H2,16,17,18). The summed E-state index contributed by atoms with van der Waals surface area (Å²) in [4.78, 5) is 8.72. The van der Waals surface area contributed by atoms with Crippen molar-refractivity contribution in [1.29, 1.82) is 0 Å². The second-order valence-corrected chi connectivity index (χ2v) is 6.68. The maximum absolute atomic E-state index is 13.1. The fourth-order valence-electron chi connectivity index (χ4n) is 1.86. The summed E-state index contributed by atoms with van der Waals surface area (Å²) >= 11 is 5.17. The Kier molecular flexibility index (Phi) is 3.52. The van der Waals surface area contributed by atoms with Gasteiger partial charge in [-0.2, -0.15) is 0 Å². The molecule has 3 rings (SSSR count). The summed E-state index contributed by atoms with van der Waals surface area (Å²) in [7, 11) is 0. The number of thiophene rings is 1. The van der Waals surface area contributed by atoms with Crippen LogP contribution in [-0.4, -0.2) is 16.5 Å². The molecule has 0 unspecified atom stereocenters. The van der Waals surface area contributed by atoms with E-state index in [1.54, 1.807) is 17.4 Å². The molecule has 3 aromatic rings. The molecule has 0 amide bonds. The highest BCUT2D eigenvalue weighted by Gasteiger charge is 2.03. The number of aromatic amines is 1. The molecular formula is C13H11BrFN3S. The van der Waals surface area contributed by atoms with Gasteiger partial charge in [0, 0.05) is 11.4 Å². The van der Waals surface area contributed by atoms with Crippen LogP contribution in [0.2, 0.25) is 0 Å². The van der Waals surface area contributed by atoms with Gasteiger partial charge in [-0.15, -0.1) is 11.3 Å². The first kappa shape index (κ1) is 12.6. The minimum Gasteiger partial charge on any atom is -0.355 e. The number of hydrogen-bond donors (Lipinski definition) is 2. The van der Waals surface area contributed by atoms with Crippen molar-refractivity contribution in [3.8, 4) is 0 Å². The summed E-state index contributed by atoms with van der Waals surface area (Å²) in [5.41, 5.74) is 1.48. The van der Waals surface area contributed by atoms with Crippen molar-refractivity contribution in [3.63, 3.8) is 0 Å². The number of nitrogens with one attached hydrogen (secondary N) is 2. The Morgan fingerprint density at radius 1 is 1.32 bits per heavy atom. The molecule has 0 aliphatic rings. The van der Waals surface area contributed by atoms with E-state index < -0.39 is 0 Å². The van der Waals surface area contributed by atoms with E-state index in [0.29, 0.717) is 11.5 Å². The quantitative estimate of drug-likeness (QED) is 0.748. The van der Waals surface area contributed by atoms with Crippen LogP contribution in [0.25, 0.3) is 11.0 Å². The van der Waals surface area contributed by atoms with Crippen LogP contribution in [0, 0.1) is 5.82 Å². The maximum Gasteiger partial charge on any atom is 0.201 e. The number of benzene rings is 1. The van der Waals surface area contributed by atoms with Gasteiger partial charge >= 0.3 is 0 Å². The zero-order valence-corrected chi connectivity index (χ0v) is 12.3. The Hall–Kier alpha value is -1.40. The van der Waals surface area contributed by atoms with Crippen molar-refractivity contribution < 1.29 is 4.39 Å². The zero-order chi connectivity index (χ0) is 13.2. The number of halogens is 2. The lowest BCUT2D eigenvalue weighted by molar-refractivity contribution is 0.629. The van der Waals surface area contributed by atoms with Crippen molar-refractivity contribution >= 4 is 44.2 Å². The van der Waals surface area contributed by atoms with Crippen LogP contribution >= 0.6 is 27.3 Å². The second kappa shape index (κ2) is 5.30. The van der Waals surface area contributed by atoms with Gasteiger partial charge in [0.1, 0.15) is 5.82 Å². The van der Waals surface area contributed by atoms with Crippen molar-refractivity contribution in [2.24, 2.45) is 0 Å². The van der Waals surface area contributed by atoms with E-state index in [2.05, 4.69) is 37.3 Å². The molecule has 1 aromatic carbocycles. The third-order valence-electron chi connectivity index (χ3n) is 2.74. The van der Waals surface area contributed by atoms with Gasteiger partial charge in [-0.3, -0.25) is 0 Å². The first-order chi connectivity index (χ1) is 9.20. The third kappa shape index (κ3) is 2.96. The lowest BCUT2D eigenvalue weighted by atomic mass is 10.3. The predicted molar refractivity (Wildman–Crippen MR) is 80.3 cm³/mol. The van der Waals surface area contributed by atoms with Crippen molar-refractivity contribution in [2.75, 3.05) is 11.9 Å². The number of nitrogens with zero attached hydrogens (tertiary/aromatic N) is 1. The maximum atomic E-state index is 13.1. The molecule has 0 fully saturated rings. The second-order valence-electron chi connectivity index (χ2n) is 4.13. The van der Waals surface area contributed by atoms with E-state index in [4.69, 9.17) is 0 Å². The lowest BCUT2D eigenvalue weighted by Gasteiger charge is -2.00. The molecule has 6 heteroatoms. The van der Waals surface area contributed by atoms with Gasteiger partial charge in [0.25, 0.3) is 0 Å². The first-order valence-electron chi connectivity index (χ1n) is 5.84. The summed E-state index contributed by atoms with van der Waals surface area (Å²) in [6, 6.07) is 8.68. The third-order valence-corrected chi connectivity index (χ3v) is 4.42. The molecule has 0 atom stereocenters. The van der Waals surface area contributed by atoms with Crippen LogP contribution in [0.15, 0.2) is 34.1 Å². The highest BCUT2D eigenvalue weighted by molar-refractivity contribution is 9.11. The Bertz CT molecular complexity index is 707. The van der Waals surface area contributed by atoms with E-state index in [1.807, 2.05) is 6.07 Å². The SMILES string of the molecule is Fc1ccc2nc(NCCc3ccc(Br)s3)[nH]c2c1. The minimum absolute atomic E-state index is 0.258. The lowest BCUT2D eigenvalue weighted by Crippen LogP contribution is -2.04. The first-order valence-corrected chi connectivity index (χ1v) is 7.45. The van der Waals surface area contributed by atoms with Gasteiger partial charge in [-0.05, 0) is 52.7 Å². The smallest absolute Gasteiger partial charge is 0.201 e. The normalized spacial score (nSPS) is 11.1. The molecule has 98 valence electrons. The van der Waals surface area contributed by atoms with E-state index in [-0.39, 0.29) is 5.82 Å². The topological polar surface area (TPSA) is 40.7 Å². The molecular weight excluding hydrogens is 329 g/mol. The number of rotatable bonds is 4. The molecule has 0 spiro atoms. The van der Waals surface area contributed by atoms with Gasteiger partial charge in [-0.1, -0.05) is 0 Å². The minimum atomic E-state index is -0.258. The van der Waals surface area contributed by atoms with Gasteiger partial charge < -0.3 is 10.3 Å². The largest absolute Gasteiger partial charge is 0.355 e. The Morgan fingerprint density at radius 3 is 3.00 bits per heavy atom. The van der Waals surface area contributed by atoms with Crippen molar-refractivity contribution in [3.05, 3.63) is 44.8 Å². The monoisotopic (exact) mass is 339 g/mol. The van der Waals surface area contributed by atoms with Gasteiger partial charge in [-0.25, -0.2) is 9.37 Å². The van der Waals surface area contributed by atoms with Crippen LogP contribution in [0.1, 0.15) is 4.88 Å². The molecule has 0 aliphatic carbocycles. The molecule has 2 N–H and O–H groups in total. The van der Waals surface area contributed by atoms with Crippen molar-refractivity contribution in [1.82, 2.24) is 9.97 Å². The number of aromatic nitrogens is 2. The number of anilines is 1.